The third-order valence-electron chi connectivity index (χ3n) is 4.32. The lowest BCUT2D eigenvalue weighted by molar-refractivity contribution is -0.119. The average Bonchev–Trinajstić information content (AvgIpc) is 3.07. The highest BCUT2D eigenvalue weighted by Gasteiger charge is 2.29. The van der Waals surface area contributed by atoms with Crippen LogP contribution in [0.1, 0.15) is 18.4 Å². The molecule has 1 atom stereocenters. The summed E-state index contributed by atoms with van der Waals surface area (Å²) in [6, 6.07) is 5.26. The van der Waals surface area contributed by atoms with Crippen LogP contribution in [0.15, 0.2) is 23.1 Å². The molecule has 2 heterocycles. The number of thioether (sulfide) groups is 1. The second-order valence-electron chi connectivity index (χ2n) is 6.11. The highest BCUT2D eigenvalue weighted by molar-refractivity contribution is 8.18. The Hall–Kier alpha value is -1.66. The summed E-state index contributed by atoms with van der Waals surface area (Å²) in [6.07, 6.45) is 2.57. The van der Waals surface area contributed by atoms with E-state index in [2.05, 4.69) is 4.90 Å². The van der Waals surface area contributed by atoms with Crippen LogP contribution in [-0.2, 0) is 9.59 Å². The zero-order valence-electron chi connectivity index (χ0n) is 13.2. The molecule has 2 saturated heterocycles. The van der Waals surface area contributed by atoms with Crippen LogP contribution in [0.5, 0.6) is 0 Å². The van der Waals surface area contributed by atoms with Crippen molar-refractivity contribution in [3.05, 3.63) is 34.5 Å². The highest BCUT2D eigenvalue weighted by atomic mass is 32.2. The molecule has 0 aromatic heterocycles. The molecule has 0 aliphatic carbocycles. The fourth-order valence-electron chi connectivity index (χ4n) is 3.03. The Kier molecular flexibility index (Phi) is 4.55. The summed E-state index contributed by atoms with van der Waals surface area (Å²) in [7, 11) is 4.05. The monoisotopic (exact) mass is 334 g/mol. The van der Waals surface area contributed by atoms with E-state index in [0.29, 0.717) is 22.2 Å². The Morgan fingerprint density at radius 2 is 2.13 bits per heavy atom. The standard InChI is InChI=1S/C17H19FN2O2S/c1-19(2)12-6-7-20(10-12)17-11(4-3-5-13(17)18)8-15-14(21)9-16(22)23-15/h3-5,8,12H,6-7,9-10H2,1-2H3/t12-/m0/s1. The summed E-state index contributed by atoms with van der Waals surface area (Å²) in [5.41, 5.74) is 1.19. The summed E-state index contributed by atoms with van der Waals surface area (Å²) in [6.45, 7) is 1.53. The van der Waals surface area contributed by atoms with Crippen molar-refractivity contribution < 1.29 is 14.0 Å². The number of allylic oxidation sites excluding steroid dienone is 1. The number of anilines is 1. The van der Waals surface area contributed by atoms with Gasteiger partial charge in [0.2, 0.25) is 5.12 Å². The first-order valence-corrected chi connectivity index (χ1v) is 8.43. The molecule has 0 spiro atoms. The second-order valence-corrected chi connectivity index (χ2v) is 7.21. The molecule has 2 fully saturated rings. The number of carbonyl (C=O) groups is 2. The van der Waals surface area contributed by atoms with Gasteiger partial charge in [0.15, 0.2) is 5.78 Å². The van der Waals surface area contributed by atoms with E-state index in [-0.39, 0.29) is 23.1 Å². The van der Waals surface area contributed by atoms with E-state index in [9.17, 15) is 14.0 Å². The molecule has 2 aliphatic heterocycles. The van der Waals surface area contributed by atoms with Crippen LogP contribution in [0, 0.1) is 5.82 Å². The van der Waals surface area contributed by atoms with Gasteiger partial charge in [0.25, 0.3) is 0 Å². The number of ketones is 1. The molecule has 0 radical (unpaired) electrons. The van der Waals surface area contributed by atoms with Gasteiger partial charge in [-0.25, -0.2) is 4.39 Å². The third-order valence-corrected chi connectivity index (χ3v) is 5.26. The molecule has 3 rings (SSSR count). The van der Waals surface area contributed by atoms with E-state index >= 15 is 0 Å². The van der Waals surface area contributed by atoms with Gasteiger partial charge < -0.3 is 9.80 Å². The first kappa shape index (κ1) is 16.2. The number of carbonyl (C=O) groups excluding carboxylic acids is 2. The van der Waals surface area contributed by atoms with Crippen LogP contribution < -0.4 is 4.90 Å². The SMILES string of the molecule is CN(C)[C@H]1CCN(c2c(F)cccc2C=C2SC(=O)CC2=O)C1. The van der Waals surface area contributed by atoms with E-state index in [4.69, 9.17) is 0 Å². The first-order chi connectivity index (χ1) is 11.0. The van der Waals surface area contributed by atoms with Crippen LogP contribution in [0.2, 0.25) is 0 Å². The molecule has 1 aromatic carbocycles. The van der Waals surface area contributed by atoms with Crippen LogP contribution in [0.3, 0.4) is 0 Å². The predicted molar refractivity (Wildman–Crippen MR) is 90.9 cm³/mol. The molecule has 122 valence electrons. The van der Waals surface area contributed by atoms with Crippen LogP contribution in [0.4, 0.5) is 10.1 Å². The summed E-state index contributed by atoms with van der Waals surface area (Å²) in [5, 5.41) is -0.145. The summed E-state index contributed by atoms with van der Waals surface area (Å²) >= 11 is 0.954. The van der Waals surface area contributed by atoms with Crippen molar-refractivity contribution >= 4 is 34.4 Å². The topological polar surface area (TPSA) is 40.6 Å². The Labute approximate surface area is 139 Å². The maximum Gasteiger partial charge on any atom is 0.201 e. The molecular weight excluding hydrogens is 315 g/mol. The van der Waals surface area contributed by atoms with Gasteiger partial charge in [-0.2, -0.15) is 0 Å². The van der Waals surface area contributed by atoms with E-state index < -0.39 is 0 Å². The summed E-state index contributed by atoms with van der Waals surface area (Å²) in [4.78, 5) is 27.8. The number of nitrogens with zero attached hydrogens (tertiary/aromatic N) is 2. The van der Waals surface area contributed by atoms with E-state index in [1.54, 1.807) is 18.2 Å². The number of halogens is 1. The van der Waals surface area contributed by atoms with Gasteiger partial charge in [0.05, 0.1) is 17.0 Å². The van der Waals surface area contributed by atoms with Crippen molar-refractivity contribution in [1.82, 2.24) is 4.90 Å². The molecule has 0 bridgehead atoms. The van der Waals surface area contributed by atoms with Gasteiger partial charge in [-0.3, -0.25) is 9.59 Å². The quantitative estimate of drug-likeness (QED) is 0.628. The lowest BCUT2D eigenvalue weighted by Gasteiger charge is -2.23. The average molecular weight is 334 g/mol. The zero-order valence-corrected chi connectivity index (χ0v) is 14.0. The first-order valence-electron chi connectivity index (χ1n) is 7.61. The van der Waals surface area contributed by atoms with E-state index in [1.807, 2.05) is 19.0 Å². The molecule has 0 amide bonds. The number of rotatable bonds is 3. The normalized spacial score (nSPS) is 23.6. The molecule has 4 nitrogen and oxygen atoms in total. The van der Waals surface area contributed by atoms with Gasteiger partial charge in [-0.05, 0) is 44.4 Å². The summed E-state index contributed by atoms with van der Waals surface area (Å²) in [5.74, 6) is -0.469. The Balaban J connectivity index is 1.94. The fourth-order valence-corrected chi connectivity index (χ4v) is 3.85. The van der Waals surface area contributed by atoms with Gasteiger partial charge >= 0.3 is 0 Å². The third kappa shape index (κ3) is 3.33. The molecule has 6 heteroatoms. The lowest BCUT2D eigenvalue weighted by atomic mass is 10.1. The highest BCUT2D eigenvalue weighted by Crippen LogP contribution is 2.35. The van der Waals surface area contributed by atoms with Crippen molar-refractivity contribution in [1.29, 1.82) is 0 Å². The van der Waals surface area contributed by atoms with Gasteiger partial charge in [0.1, 0.15) is 5.82 Å². The number of benzene rings is 1. The molecule has 0 unspecified atom stereocenters. The lowest BCUT2D eigenvalue weighted by Crippen LogP contribution is -2.32. The fraction of sp³-hybridized carbons (Fsp3) is 0.412. The van der Waals surface area contributed by atoms with Crippen LogP contribution in [-0.4, -0.2) is 49.0 Å². The maximum atomic E-state index is 14.4. The molecule has 0 saturated carbocycles. The van der Waals surface area contributed by atoms with Crippen LogP contribution in [0.25, 0.3) is 6.08 Å². The summed E-state index contributed by atoms with van der Waals surface area (Å²) < 4.78 is 14.4. The van der Waals surface area contributed by atoms with Crippen LogP contribution >= 0.6 is 11.8 Å². The smallest absolute Gasteiger partial charge is 0.201 e. The zero-order chi connectivity index (χ0) is 16.6. The van der Waals surface area contributed by atoms with Gasteiger partial charge in [-0.15, -0.1) is 0 Å². The predicted octanol–water partition coefficient (Wildman–Crippen LogP) is 2.54. The van der Waals surface area contributed by atoms with E-state index in [0.717, 1.165) is 31.3 Å². The molecular formula is C17H19FN2O2S. The Morgan fingerprint density at radius 3 is 2.74 bits per heavy atom. The molecule has 1 aromatic rings. The number of hydrogen-bond acceptors (Lipinski definition) is 5. The van der Waals surface area contributed by atoms with E-state index in [1.165, 1.54) is 6.07 Å². The molecule has 23 heavy (non-hydrogen) atoms. The number of Topliss-reactive ketones (excluding diaryl/α,β-unsaturated/α-hetero) is 1. The minimum Gasteiger partial charge on any atom is -0.367 e. The second kappa shape index (κ2) is 6.45. The number of para-hydroxylation sites is 1. The van der Waals surface area contributed by atoms with Crippen molar-refractivity contribution in [3.63, 3.8) is 0 Å². The minimum absolute atomic E-state index is 0.0619. The number of hydrogen-bond donors (Lipinski definition) is 0. The van der Waals surface area contributed by atoms with Crippen molar-refractivity contribution in [2.24, 2.45) is 0 Å². The Bertz CT molecular complexity index is 687. The molecule has 2 aliphatic rings. The maximum absolute atomic E-state index is 14.4. The van der Waals surface area contributed by atoms with Crippen molar-refractivity contribution in [3.8, 4) is 0 Å². The minimum atomic E-state index is -0.291. The number of likely N-dealkylation sites (N-methyl/N-ethyl adjacent to an activating group) is 1. The van der Waals surface area contributed by atoms with Gasteiger partial charge in [-0.1, -0.05) is 12.1 Å². The Morgan fingerprint density at radius 1 is 1.35 bits per heavy atom. The van der Waals surface area contributed by atoms with Crippen molar-refractivity contribution in [2.45, 2.75) is 18.9 Å². The van der Waals surface area contributed by atoms with Crippen molar-refractivity contribution in [2.75, 3.05) is 32.1 Å². The molecule has 0 N–H and O–H groups in total. The van der Waals surface area contributed by atoms with Gasteiger partial charge in [0, 0.05) is 24.7 Å². The largest absolute Gasteiger partial charge is 0.367 e.